The molecule has 0 aliphatic carbocycles. The van der Waals surface area contributed by atoms with E-state index in [1.165, 1.54) is 5.56 Å². The van der Waals surface area contributed by atoms with E-state index < -0.39 is 0 Å². The summed E-state index contributed by atoms with van der Waals surface area (Å²) in [6.45, 7) is 9.44. The van der Waals surface area contributed by atoms with Gasteiger partial charge in [-0.15, -0.1) is 0 Å². The normalized spacial score (nSPS) is 13.1. The number of ether oxygens (including phenoxy) is 2. The van der Waals surface area contributed by atoms with Crippen LogP contribution in [0.3, 0.4) is 0 Å². The fourth-order valence-electron chi connectivity index (χ4n) is 1.87. The van der Waals surface area contributed by atoms with Crippen LogP contribution in [0, 0.1) is 5.41 Å². The first-order valence-corrected chi connectivity index (χ1v) is 7.41. The van der Waals surface area contributed by atoms with Gasteiger partial charge >= 0.3 is 0 Å². The van der Waals surface area contributed by atoms with Crippen molar-refractivity contribution in [3.05, 3.63) is 23.8 Å². The van der Waals surface area contributed by atoms with E-state index in [0.717, 1.165) is 30.8 Å². The summed E-state index contributed by atoms with van der Waals surface area (Å²) in [5.74, 6) is 1.60. The van der Waals surface area contributed by atoms with E-state index in [9.17, 15) is 0 Å². The lowest BCUT2D eigenvalue weighted by Crippen LogP contribution is -2.21. The lowest BCUT2D eigenvalue weighted by molar-refractivity contribution is 0.234. The van der Waals surface area contributed by atoms with Crippen LogP contribution >= 0.6 is 0 Å². The molecule has 0 aliphatic rings. The molecule has 0 saturated heterocycles. The van der Waals surface area contributed by atoms with Gasteiger partial charge < -0.3 is 15.2 Å². The quantitative estimate of drug-likeness (QED) is 0.826. The minimum atomic E-state index is 0.201. The molecular formula is C17H29NO2. The number of methoxy groups -OCH3 is 1. The van der Waals surface area contributed by atoms with Crippen molar-refractivity contribution in [2.45, 2.75) is 53.0 Å². The molecule has 1 aromatic carbocycles. The zero-order chi connectivity index (χ0) is 15.2. The van der Waals surface area contributed by atoms with Gasteiger partial charge in [-0.3, -0.25) is 0 Å². The van der Waals surface area contributed by atoms with Crippen molar-refractivity contribution in [1.82, 2.24) is 0 Å². The number of hydrogen-bond acceptors (Lipinski definition) is 3. The predicted molar refractivity (Wildman–Crippen MR) is 84.5 cm³/mol. The minimum absolute atomic E-state index is 0.201. The molecular weight excluding hydrogens is 250 g/mol. The molecule has 1 rings (SSSR count). The van der Waals surface area contributed by atoms with E-state index in [1.807, 2.05) is 12.1 Å². The molecule has 1 aromatic rings. The van der Waals surface area contributed by atoms with Gasteiger partial charge in [-0.1, -0.05) is 33.8 Å². The Morgan fingerprint density at radius 2 is 1.90 bits per heavy atom. The largest absolute Gasteiger partial charge is 0.493 e. The van der Waals surface area contributed by atoms with Crippen LogP contribution in [0.15, 0.2) is 18.2 Å². The Bertz CT molecular complexity index is 410. The van der Waals surface area contributed by atoms with Gasteiger partial charge in [-0.25, -0.2) is 0 Å². The molecule has 0 amide bonds. The molecule has 0 fully saturated rings. The van der Waals surface area contributed by atoms with E-state index in [4.69, 9.17) is 15.2 Å². The van der Waals surface area contributed by atoms with Crippen molar-refractivity contribution in [3.63, 3.8) is 0 Å². The summed E-state index contributed by atoms with van der Waals surface area (Å²) in [5, 5.41) is 0. The second-order valence-electron chi connectivity index (χ2n) is 6.52. The van der Waals surface area contributed by atoms with Gasteiger partial charge in [0, 0.05) is 6.04 Å². The van der Waals surface area contributed by atoms with Gasteiger partial charge in [0.2, 0.25) is 0 Å². The van der Waals surface area contributed by atoms with Crippen LogP contribution in [-0.2, 0) is 6.42 Å². The number of nitrogens with two attached hydrogens (primary N) is 1. The highest BCUT2D eigenvalue weighted by Crippen LogP contribution is 2.29. The van der Waals surface area contributed by atoms with Gasteiger partial charge in [0.25, 0.3) is 0 Å². The highest BCUT2D eigenvalue weighted by Gasteiger charge is 2.12. The summed E-state index contributed by atoms with van der Waals surface area (Å²) in [4.78, 5) is 0. The average molecular weight is 279 g/mol. The second-order valence-corrected chi connectivity index (χ2v) is 6.52. The van der Waals surface area contributed by atoms with Crippen LogP contribution in [0.5, 0.6) is 11.5 Å². The summed E-state index contributed by atoms with van der Waals surface area (Å²) in [6, 6.07) is 6.29. The first-order chi connectivity index (χ1) is 9.35. The van der Waals surface area contributed by atoms with Crippen LogP contribution in [0.2, 0.25) is 0 Å². The third kappa shape index (κ3) is 5.83. The van der Waals surface area contributed by atoms with E-state index in [0.29, 0.717) is 6.61 Å². The van der Waals surface area contributed by atoms with Gasteiger partial charge in [-0.05, 0) is 42.4 Å². The Morgan fingerprint density at radius 1 is 1.20 bits per heavy atom. The monoisotopic (exact) mass is 279 g/mol. The molecule has 114 valence electrons. The first-order valence-electron chi connectivity index (χ1n) is 7.41. The molecule has 0 radical (unpaired) electrons. The molecule has 1 unspecified atom stereocenters. The van der Waals surface area contributed by atoms with Gasteiger partial charge in [0.05, 0.1) is 13.7 Å². The summed E-state index contributed by atoms with van der Waals surface area (Å²) >= 11 is 0. The maximum Gasteiger partial charge on any atom is 0.161 e. The Labute approximate surface area is 123 Å². The SMILES string of the molecule is CCC(N)Cc1ccc(OCCC(C)(C)C)c(OC)c1. The number of benzene rings is 1. The molecule has 20 heavy (non-hydrogen) atoms. The third-order valence-corrected chi connectivity index (χ3v) is 3.36. The van der Waals surface area contributed by atoms with Crippen molar-refractivity contribution in [1.29, 1.82) is 0 Å². The Kier molecular flexibility index (Phi) is 6.34. The Hall–Kier alpha value is -1.22. The van der Waals surface area contributed by atoms with Crippen LogP contribution in [0.1, 0.15) is 46.1 Å². The molecule has 1 atom stereocenters. The maximum atomic E-state index is 5.99. The fraction of sp³-hybridized carbons (Fsp3) is 0.647. The molecule has 0 aromatic heterocycles. The van der Waals surface area contributed by atoms with Gasteiger partial charge in [0.15, 0.2) is 11.5 Å². The summed E-state index contributed by atoms with van der Waals surface area (Å²) in [6.07, 6.45) is 2.86. The molecule has 3 nitrogen and oxygen atoms in total. The van der Waals surface area contributed by atoms with E-state index >= 15 is 0 Å². The van der Waals surface area contributed by atoms with Gasteiger partial charge in [0.1, 0.15) is 0 Å². The maximum absolute atomic E-state index is 5.99. The standard InChI is InChI=1S/C17H29NO2/c1-6-14(18)11-13-7-8-15(16(12-13)19-5)20-10-9-17(2,3)4/h7-8,12,14H,6,9-11,18H2,1-5H3. The van der Waals surface area contributed by atoms with Gasteiger partial charge in [-0.2, -0.15) is 0 Å². The van der Waals surface area contributed by atoms with E-state index in [1.54, 1.807) is 7.11 Å². The molecule has 0 bridgehead atoms. The average Bonchev–Trinajstić information content (AvgIpc) is 2.38. The van der Waals surface area contributed by atoms with Crippen LogP contribution < -0.4 is 15.2 Å². The third-order valence-electron chi connectivity index (χ3n) is 3.36. The van der Waals surface area contributed by atoms with Crippen molar-refractivity contribution < 1.29 is 9.47 Å². The highest BCUT2D eigenvalue weighted by atomic mass is 16.5. The van der Waals surface area contributed by atoms with Crippen molar-refractivity contribution in [2.24, 2.45) is 11.1 Å². The molecule has 0 spiro atoms. The zero-order valence-corrected chi connectivity index (χ0v) is 13.5. The molecule has 0 heterocycles. The van der Waals surface area contributed by atoms with Crippen molar-refractivity contribution >= 4 is 0 Å². The Morgan fingerprint density at radius 3 is 2.45 bits per heavy atom. The molecule has 0 aliphatic heterocycles. The smallest absolute Gasteiger partial charge is 0.161 e. The molecule has 3 heteroatoms. The first kappa shape index (κ1) is 16.8. The summed E-state index contributed by atoms with van der Waals surface area (Å²) in [5.41, 5.74) is 7.46. The number of rotatable bonds is 7. The zero-order valence-electron chi connectivity index (χ0n) is 13.5. The lowest BCUT2D eigenvalue weighted by atomic mass is 9.93. The summed E-state index contributed by atoms with van der Waals surface area (Å²) < 4.78 is 11.3. The minimum Gasteiger partial charge on any atom is -0.493 e. The predicted octanol–water partition coefficient (Wildman–Crippen LogP) is 3.79. The number of hydrogen-bond donors (Lipinski definition) is 1. The summed E-state index contributed by atoms with van der Waals surface area (Å²) in [7, 11) is 1.68. The molecule has 0 saturated carbocycles. The van der Waals surface area contributed by atoms with Crippen molar-refractivity contribution in [2.75, 3.05) is 13.7 Å². The van der Waals surface area contributed by atoms with Crippen LogP contribution in [0.25, 0.3) is 0 Å². The van der Waals surface area contributed by atoms with E-state index in [2.05, 4.69) is 33.8 Å². The van der Waals surface area contributed by atoms with Crippen LogP contribution in [-0.4, -0.2) is 19.8 Å². The van der Waals surface area contributed by atoms with Crippen molar-refractivity contribution in [3.8, 4) is 11.5 Å². The van der Waals surface area contributed by atoms with Crippen LogP contribution in [0.4, 0.5) is 0 Å². The highest BCUT2D eigenvalue weighted by molar-refractivity contribution is 5.43. The lowest BCUT2D eigenvalue weighted by Gasteiger charge is -2.19. The fourth-order valence-corrected chi connectivity index (χ4v) is 1.87. The second kappa shape index (κ2) is 7.53. The topological polar surface area (TPSA) is 44.5 Å². The molecule has 2 N–H and O–H groups in total. The van der Waals surface area contributed by atoms with E-state index in [-0.39, 0.29) is 11.5 Å². The Balaban J connectivity index is 2.68.